The van der Waals surface area contributed by atoms with Gasteiger partial charge in [0.15, 0.2) is 0 Å². The molecule has 0 bridgehead atoms. The Morgan fingerprint density at radius 3 is 0.667 bits per heavy atom. The van der Waals surface area contributed by atoms with Crippen LogP contribution in [0.1, 0.15) is 40.0 Å². The SMILES string of the molecule is CCCO.CCCO.CCCO.[Cl-].[Cl-].[V+2]. The van der Waals surface area contributed by atoms with Crippen molar-refractivity contribution >= 4 is 0 Å². The molecule has 0 aliphatic carbocycles. The molecule has 0 atom stereocenters. The van der Waals surface area contributed by atoms with E-state index in [4.69, 9.17) is 15.3 Å². The summed E-state index contributed by atoms with van der Waals surface area (Å²) in [5, 5.41) is 23.6. The third-order valence-corrected chi connectivity index (χ3v) is 0.671. The number of aliphatic hydroxyl groups is 3. The molecule has 0 aromatic heterocycles. The first kappa shape index (κ1) is 36.0. The van der Waals surface area contributed by atoms with Crippen LogP contribution in [-0.4, -0.2) is 35.1 Å². The van der Waals surface area contributed by atoms with Crippen LogP contribution in [0.3, 0.4) is 0 Å². The van der Waals surface area contributed by atoms with Gasteiger partial charge in [0.25, 0.3) is 0 Å². The van der Waals surface area contributed by atoms with Crippen molar-refractivity contribution in [2.24, 2.45) is 0 Å². The first-order valence-electron chi connectivity index (χ1n) is 4.57. The zero-order chi connectivity index (χ0) is 10.2. The van der Waals surface area contributed by atoms with Crippen LogP contribution in [0.5, 0.6) is 0 Å². The van der Waals surface area contributed by atoms with E-state index in [2.05, 4.69) is 0 Å². The number of halogens is 2. The van der Waals surface area contributed by atoms with Crippen LogP contribution in [-0.2, 0) is 18.6 Å². The van der Waals surface area contributed by atoms with Gasteiger partial charge in [-0.05, 0) is 19.3 Å². The minimum absolute atomic E-state index is 0. The zero-order valence-corrected chi connectivity index (χ0v) is 12.7. The molecule has 0 rings (SSSR count). The predicted octanol–water partition coefficient (Wildman–Crippen LogP) is -4.83. The third kappa shape index (κ3) is 156. The van der Waals surface area contributed by atoms with Gasteiger partial charge >= 0.3 is 18.6 Å². The summed E-state index contributed by atoms with van der Waals surface area (Å²) in [6, 6.07) is 0. The molecule has 1 radical (unpaired) electrons. The number of hydrogen-bond donors (Lipinski definition) is 3. The molecule has 0 amide bonds. The van der Waals surface area contributed by atoms with Gasteiger partial charge in [-0.15, -0.1) is 0 Å². The summed E-state index contributed by atoms with van der Waals surface area (Å²) in [6.07, 6.45) is 2.62. The van der Waals surface area contributed by atoms with Gasteiger partial charge in [0, 0.05) is 19.8 Å². The van der Waals surface area contributed by atoms with E-state index in [0.717, 1.165) is 19.3 Å². The molecule has 97 valence electrons. The van der Waals surface area contributed by atoms with Crippen LogP contribution in [0.25, 0.3) is 0 Å². The van der Waals surface area contributed by atoms with E-state index in [1.54, 1.807) is 0 Å². The first-order valence-corrected chi connectivity index (χ1v) is 4.57. The molecule has 0 heterocycles. The second kappa shape index (κ2) is 59.8. The Morgan fingerprint density at radius 1 is 0.600 bits per heavy atom. The van der Waals surface area contributed by atoms with Crippen LogP contribution < -0.4 is 24.8 Å². The molecular weight excluding hydrogens is 278 g/mol. The largest absolute Gasteiger partial charge is 2.00 e. The van der Waals surface area contributed by atoms with Crippen molar-refractivity contribution in [1.82, 2.24) is 0 Å². The molecular formula is C9H24Cl2O3V. The van der Waals surface area contributed by atoms with Crippen molar-refractivity contribution in [2.45, 2.75) is 40.0 Å². The summed E-state index contributed by atoms with van der Waals surface area (Å²) in [5.41, 5.74) is 0. The Kier molecular flexibility index (Phi) is 143. The summed E-state index contributed by atoms with van der Waals surface area (Å²) in [4.78, 5) is 0. The minimum atomic E-state index is 0. The van der Waals surface area contributed by atoms with Crippen molar-refractivity contribution in [3.8, 4) is 0 Å². The molecule has 0 fully saturated rings. The molecule has 0 aliphatic rings. The van der Waals surface area contributed by atoms with Gasteiger partial charge in [0.2, 0.25) is 0 Å². The van der Waals surface area contributed by atoms with E-state index in [9.17, 15) is 0 Å². The molecule has 0 spiro atoms. The average Bonchev–Trinajstić information content (AvgIpc) is 2.18. The van der Waals surface area contributed by atoms with Crippen molar-refractivity contribution in [3.63, 3.8) is 0 Å². The Bertz CT molecular complexity index is 38.8. The zero-order valence-electron chi connectivity index (χ0n) is 9.79. The van der Waals surface area contributed by atoms with Crippen LogP contribution in [0.2, 0.25) is 0 Å². The normalized spacial score (nSPS) is 6.00. The molecule has 0 aliphatic heterocycles. The molecule has 3 N–H and O–H groups in total. The summed E-state index contributed by atoms with van der Waals surface area (Å²) in [7, 11) is 0. The summed E-state index contributed by atoms with van der Waals surface area (Å²) < 4.78 is 0. The molecule has 0 unspecified atom stereocenters. The molecule has 0 saturated heterocycles. The fraction of sp³-hybridized carbons (Fsp3) is 1.00. The monoisotopic (exact) mass is 301 g/mol. The van der Waals surface area contributed by atoms with Gasteiger partial charge in [-0.2, -0.15) is 0 Å². The topological polar surface area (TPSA) is 60.7 Å². The molecule has 0 aromatic rings. The standard InChI is InChI=1S/3C3H8O.2ClH.V/c3*1-2-3-4;;;/h3*4H,2-3H2,1H3;2*1H;/q;;;;;+2/p-2. The van der Waals surface area contributed by atoms with E-state index in [1.165, 1.54) is 0 Å². The Labute approximate surface area is 118 Å². The molecule has 0 saturated carbocycles. The summed E-state index contributed by atoms with van der Waals surface area (Å²) >= 11 is 0. The molecule has 6 heteroatoms. The van der Waals surface area contributed by atoms with Gasteiger partial charge in [-0.3, -0.25) is 0 Å². The van der Waals surface area contributed by atoms with Crippen LogP contribution in [0.15, 0.2) is 0 Å². The van der Waals surface area contributed by atoms with Gasteiger partial charge < -0.3 is 40.1 Å². The van der Waals surface area contributed by atoms with Crippen LogP contribution in [0.4, 0.5) is 0 Å². The van der Waals surface area contributed by atoms with Gasteiger partial charge in [-0.25, -0.2) is 0 Å². The van der Waals surface area contributed by atoms with E-state index in [-0.39, 0.29) is 43.4 Å². The Balaban J connectivity index is -0.0000000184. The molecule has 3 nitrogen and oxygen atoms in total. The van der Waals surface area contributed by atoms with E-state index in [1.807, 2.05) is 20.8 Å². The van der Waals surface area contributed by atoms with Gasteiger partial charge in [0.05, 0.1) is 0 Å². The smallest absolute Gasteiger partial charge is 1.00 e. The average molecular weight is 302 g/mol. The Morgan fingerprint density at radius 2 is 0.667 bits per heavy atom. The molecule has 15 heavy (non-hydrogen) atoms. The number of rotatable bonds is 3. The van der Waals surface area contributed by atoms with Crippen molar-refractivity contribution in [1.29, 1.82) is 0 Å². The van der Waals surface area contributed by atoms with Crippen molar-refractivity contribution in [2.75, 3.05) is 19.8 Å². The fourth-order valence-electron chi connectivity index (χ4n) is 0. The maximum Gasteiger partial charge on any atom is 2.00 e. The number of aliphatic hydroxyl groups excluding tert-OH is 3. The minimum Gasteiger partial charge on any atom is -1.00 e. The van der Waals surface area contributed by atoms with Crippen molar-refractivity contribution in [3.05, 3.63) is 0 Å². The van der Waals surface area contributed by atoms with Crippen molar-refractivity contribution < 1.29 is 58.7 Å². The van der Waals surface area contributed by atoms with E-state index in [0.29, 0.717) is 19.8 Å². The predicted molar refractivity (Wildman–Crippen MR) is 52.1 cm³/mol. The maximum atomic E-state index is 7.88. The number of hydrogen-bond acceptors (Lipinski definition) is 3. The second-order valence-corrected chi connectivity index (χ2v) is 2.17. The quantitative estimate of drug-likeness (QED) is 0.490. The third-order valence-electron chi connectivity index (χ3n) is 0.671. The van der Waals surface area contributed by atoms with Gasteiger partial charge in [-0.1, -0.05) is 20.8 Å². The van der Waals surface area contributed by atoms with Crippen LogP contribution >= 0.6 is 0 Å². The van der Waals surface area contributed by atoms with Gasteiger partial charge in [0.1, 0.15) is 0 Å². The second-order valence-electron chi connectivity index (χ2n) is 2.17. The van der Waals surface area contributed by atoms with Crippen LogP contribution in [0, 0.1) is 0 Å². The maximum absolute atomic E-state index is 7.88. The summed E-state index contributed by atoms with van der Waals surface area (Å²) in [6.45, 7) is 6.75. The van der Waals surface area contributed by atoms with E-state index >= 15 is 0 Å². The van der Waals surface area contributed by atoms with E-state index < -0.39 is 0 Å². The summed E-state index contributed by atoms with van der Waals surface area (Å²) in [5.74, 6) is 0. The Hall–Kier alpha value is 1.04. The fourth-order valence-corrected chi connectivity index (χ4v) is 0. The first-order chi connectivity index (χ1) is 5.74. The molecule has 0 aromatic carbocycles.